The zero-order valence-electron chi connectivity index (χ0n) is 22.3. The van der Waals surface area contributed by atoms with E-state index in [1.54, 1.807) is 19.1 Å². The van der Waals surface area contributed by atoms with Crippen molar-refractivity contribution in [1.29, 1.82) is 0 Å². The molecule has 1 aliphatic carbocycles. The van der Waals surface area contributed by atoms with Crippen LogP contribution in [0.5, 0.6) is 11.5 Å². The fraction of sp³-hybridized carbons (Fsp3) is 0.258. The van der Waals surface area contributed by atoms with E-state index in [2.05, 4.69) is 5.32 Å². The zero-order chi connectivity index (χ0) is 28.8. The molecule has 1 N–H and O–H groups in total. The number of amides is 1. The van der Waals surface area contributed by atoms with Crippen molar-refractivity contribution in [2.45, 2.75) is 39.2 Å². The summed E-state index contributed by atoms with van der Waals surface area (Å²) in [6.45, 7) is 3.00. The number of benzene rings is 3. The van der Waals surface area contributed by atoms with Gasteiger partial charge in [-0.25, -0.2) is 13.6 Å². The zero-order valence-corrected chi connectivity index (χ0v) is 22.3. The molecule has 4 rings (SSSR count). The lowest BCUT2D eigenvalue weighted by atomic mass is 9.97. The number of carbonyl (C=O) groups is 3. The lowest BCUT2D eigenvalue weighted by Gasteiger charge is -2.18. The van der Waals surface area contributed by atoms with Gasteiger partial charge in [0.1, 0.15) is 23.4 Å². The van der Waals surface area contributed by atoms with Crippen LogP contribution in [0, 0.1) is 17.6 Å². The summed E-state index contributed by atoms with van der Waals surface area (Å²) < 4.78 is 43.5. The first kappa shape index (κ1) is 28.5. The largest absolute Gasteiger partial charge is 0.493 e. The van der Waals surface area contributed by atoms with Crippen molar-refractivity contribution in [1.82, 2.24) is 5.32 Å². The van der Waals surface area contributed by atoms with Crippen molar-refractivity contribution in [3.8, 4) is 11.5 Å². The second kappa shape index (κ2) is 12.5. The second-order valence-corrected chi connectivity index (χ2v) is 9.52. The number of rotatable bonds is 10. The highest BCUT2D eigenvalue weighted by atomic mass is 19.1. The highest BCUT2D eigenvalue weighted by molar-refractivity contribution is 6.00. The minimum absolute atomic E-state index is 0.0220. The molecule has 0 radical (unpaired) electrons. The molecule has 1 saturated carbocycles. The SMILES string of the molecule is COc1cccc(C(=O)N[C@@H](C)C(=O)OC(C)=C(c2ccc(F)cc2)c2ccc(F)cc2)c1OC(=O)CC1CC1. The Bertz CT molecular complexity index is 1380. The average molecular weight is 550 g/mol. The number of hydrogen-bond donors (Lipinski definition) is 1. The van der Waals surface area contributed by atoms with Crippen LogP contribution in [0.4, 0.5) is 8.78 Å². The van der Waals surface area contributed by atoms with Crippen LogP contribution in [-0.4, -0.2) is 31.0 Å². The average Bonchev–Trinajstić information content (AvgIpc) is 3.74. The molecule has 40 heavy (non-hydrogen) atoms. The number of hydrogen-bond acceptors (Lipinski definition) is 6. The van der Waals surface area contributed by atoms with Crippen molar-refractivity contribution in [2.24, 2.45) is 5.92 Å². The summed E-state index contributed by atoms with van der Waals surface area (Å²) in [6, 6.07) is 14.6. The summed E-state index contributed by atoms with van der Waals surface area (Å²) in [6.07, 6.45) is 2.18. The minimum Gasteiger partial charge on any atom is -0.493 e. The Morgan fingerprint density at radius 3 is 2.02 bits per heavy atom. The molecule has 0 unspecified atom stereocenters. The molecule has 3 aromatic rings. The molecular weight excluding hydrogens is 520 g/mol. The Morgan fingerprint density at radius 2 is 1.50 bits per heavy atom. The maximum Gasteiger partial charge on any atom is 0.333 e. The van der Waals surface area contributed by atoms with Crippen molar-refractivity contribution < 1.29 is 37.4 Å². The third kappa shape index (κ3) is 7.11. The highest BCUT2D eigenvalue weighted by Crippen LogP contribution is 2.35. The van der Waals surface area contributed by atoms with Crippen LogP contribution in [0.25, 0.3) is 5.57 Å². The van der Waals surface area contributed by atoms with Gasteiger partial charge in [-0.1, -0.05) is 30.3 Å². The predicted octanol–water partition coefficient (Wildman–Crippen LogP) is 5.82. The summed E-state index contributed by atoms with van der Waals surface area (Å²) in [5.74, 6) is -2.16. The first-order chi connectivity index (χ1) is 19.2. The number of nitrogens with one attached hydrogen (secondary N) is 1. The molecule has 0 heterocycles. The number of esters is 2. The molecule has 0 spiro atoms. The Balaban J connectivity index is 1.53. The van der Waals surface area contributed by atoms with E-state index in [1.807, 2.05) is 0 Å². The van der Waals surface area contributed by atoms with E-state index >= 15 is 0 Å². The van der Waals surface area contributed by atoms with Gasteiger partial charge < -0.3 is 19.5 Å². The van der Waals surface area contributed by atoms with Crippen LogP contribution >= 0.6 is 0 Å². The normalized spacial score (nSPS) is 13.1. The van der Waals surface area contributed by atoms with Gasteiger partial charge in [-0.15, -0.1) is 0 Å². The molecule has 1 fully saturated rings. The Morgan fingerprint density at radius 1 is 0.925 bits per heavy atom. The predicted molar refractivity (Wildman–Crippen MR) is 143 cm³/mol. The van der Waals surface area contributed by atoms with Crippen LogP contribution < -0.4 is 14.8 Å². The van der Waals surface area contributed by atoms with Gasteiger partial charge in [-0.2, -0.15) is 0 Å². The molecule has 208 valence electrons. The monoisotopic (exact) mass is 549 g/mol. The number of allylic oxidation sites excluding steroid dienone is 1. The molecule has 1 amide bonds. The number of methoxy groups -OCH3 is 1. The summed E-state index contributed by atoms with van der Waals surface area (Å²) in [7, 11) is 1.39. The van der Waals surface area contributed by atoms with Gasteiger partial charge in [-0.05, 0) is 80.1 Å². The minimum atomic E-state index is -1.11. The van der Waals surface area contributed by atoms with E-state index in [0.717, 1.165) is 12.8 Å². The Hall–Kier alpha value is -4.53. The first-order valence-corrected chi connectivity index (χ1v) is 12.8. The molecule has 3 aromatic carbocycles. The maximum atomic E-state index is 13.6. The lowest BCUT2D eigenvalue weighted by molar-refractivity contribution is -0.141. The number of halogens is 2. The van der Waals surface area contributed by atoms with Crippen molar-refractivity contribution in [3.63, 3.8) is 0 Å². The molecule has 0 aliphatic heterocycles. The van der Waals surface area contributed by atoms with E-state index in [4.69, 9.17) is 14.2 Å². The fourth-order valence-electron chi connectivity index (χ4n) is 4.10. The third-order valence-corrected chi connectivity index (χ3v) is 6.38. The van der Waals surface area contributed by atoms with E-state index in [1.165, 1.54) is 68.6 Å². The Kier molecular flexibility index (Phi) is 8.93. The summed E-state index contributed by atoms with van der Waals surface area (Å²) in [5.41, 5.74) is 1.56. The van der Waals surface area contributed by atoms with Crippen LogP contribution in [0.2, 0.25) is 0 Å². The number of para-hydroxylation sites is 1. The smallest absolute Gasteiger partial charge is 0.333 e. The van der Waals surface area contributed by atoms with E-state index < -0.39 is 35.5 Å². The van der Waals surface area contributed by atoms with E-state index in [-0.39, 0.29) is 29.2 Å². The number of carbonyl (C=O) groups excluding carboxylic acids is 3. The molecule has 0 aromatic heterocycles. The van der Waals surface area contributed by atoms with Gasteiger partial charge in [0.15, 0.2) is 11.5 Å². The Labute approximate surface area is 230 Å². The van der Waals surface area contributed by atoms with Crippen molar-refractivity contribution in [2.75, 3.05) is 7.11 Å². The van der Waals surface area contributed by atoms with E-state index in [9.17, 15) is 23.2 Å². The van der Waals surface area contributed by atoms with Gasteiger partial charge in [-0.3, -0.25) is 9.59 Å². The fourth-order valence-corrected chi connectivity index (χ4v) is 4.10. The summed E-state index contributed by atoms with van der Waals surface area (Å²) in [4.78, 5) is 38.5. The standard InChI is InChI=1S/C31H29F2NO6/c1-18(34-30(36)25-5-4-6-26(38-3)29(25)40-27(35)17-20-7-8-20)31(37)39-19(2)28(21-9-13-23(32)14-10-21)22-11-15-24(33)16-12-22/h4-6,9-16,18,20H,7-8,17H2,1-3H3,(H,34,36)/t18-/m0/s1. The van der Waals surface area contributed by atoms with Gasteiger partial charge in [0.25, 0.3) is 5.91 Å². The lowest BCUT2D eigenvalue weighted by Crippen LogP contribution is -2.39. The van der Waals surface area contributed by atoms with Crippen LogP contribution in [0.3, 0.4) is 0 Å². The van der Waals surface area contributed by atoms with Crippen molar-refractivity contribution >= 4 is 23.4 Å². The summed E-state index contributed by atoms with van der Waals surface area (Å²) >= 11 is 0. The number of ether oxygens (including phenoxy) is 3. The molecule has 1 atom stereocenters. The van der Waals surface area contributed by atoms with Crippen LogP contribution in [0.15, 0.2) is 72.5 Å². The highest BCUT2D eigenvalue weighted by Gasteiger charge is 2.28. The quantitative estimate of drug-likeness (QED) is 0.195. The van der Waals surface area contributed by atoms with Crippen LogP contribution in [0.1, 0.15) is 54.6 Å². The van der Waals surface area contributed by atoms with Gasteiger partial charge >= 0.3 is 11.9 Å². The topological polar surface area (TPSA) is 90.9 Å². The third-order valence-electron chi connectivity index (χ3n) is 6.38. The molecule has 1 aliphatic rings. The second-order valence-electron chi connectivity index (χ2n) is 9.52. The summed E-state index contributed by atoms with van der Waals surface area (Å²) in [5, 5.41) is 2.57. The molecule has 0 bridgehead atoms. The van der Waals surface area contributed by atoms with Crippen LogP contribution in [-0.2, 0) is 14.3 Å². The first-order valence-electron chi connectivity index (χ1n) is 12.8. The van der Waals surface area contributed by atoms with Crippen molar-refractivity contribution in [3.05, 3.63) is 101 Å². The van der Waals surface area contributed by atoms with Gasteiger partial charge in [0.2, 0.25) is 0 Å². The molecule has 9 heteroatoms. The molecular formula is C31H29F2NO6. The van der Waals surface area contributed by atoms with Gasteiger partial charge in [0.05, 0.1) is 12.7 Å². The molecule has 0 saturated heterocycles. The van der Waals surface area contributed by atoms with Gasteiger partial charge in [0, 0.05) is 12.0 Å². The van der Waals surface area contributed by atoms with E-state index in [0.29, 0.717) is 22.6 Å². The molecule has 7 nitrogen and oxygen atoms in total. The maximum absolute atomic E-state index is 13.6.